The molecule has 2 atom stereocenters. The van der Waals surface area contributed by atoms with Gasteiger partial charge in [0.15, 0.2) is 0 Å². The number of nitrogens with zero attached hydrogens (tertiary/aromatic N) is 1. The Hall–Kier alpha value is -0.0800. The zero-order chi connectivity index (χ0) is 10.7. The van der Waals surface area contributed by atoms with E-state index in [4.69, 9.17) is 0 Å². The SMILES string of the molecule is CCNC1CCCN(CC(C)C2CC2)C1. The average Bonchev–Trinajstić information content (AvgIpc) is 3.01. The Morgan fingerprint density at radius 3 is 2.80 bits per heavy atom. The molecule has 0 aromatic heterocycles. The molecule has 2 heteroatoms. The highest BCUT2D eigenvalue weighted by molar-refractivity contribution is 4.84. The van der Waals surface area contributed by atoms with E-state index in [1.165, 1.54) is 45.3 Å². The maximum Gasteiger partial charge on any atom is 0.0195 e. The lowest BCUT2D eigenvalue weighted by Crippen LogP contribution is -2.46. The van der Waals surface area contributed by atoms with Gasteiger partial charge in [0, 0.05) is 19.1 Å². The Morgan fingerprint density at radius 2 is 2.13 bits per heavy atom. The Bertz CT molecular complexity index is 187. The van der Waals surface area contributed by atoms with Crippen molar-refractivity contribution in [1.82, 2.24) is 10.2 Å². The van der Waals surface area contributed by atoms with Crippen molar-refractivity contribution in [2.45, 2.75) is 45.6 Å². The standard InChI is InChI=1S/C13H26N2/c1-3-14-13-5-4-8-15(10-13)9-11(2)12-6-7-12/h11-14H,3-10H2,1-2H3. The monoisotopic (exact) mass is 210 g/mol. The highest BCUT2D eigenvalue weighted by Gasteiger charge is 2.30. The largest absolute Gasteiger partial charge is 0.313 e. The van der Waals surface area contributed by atoms with Crippen molar-refractivity contribution in [2.24, 2.45) is 11.8 Å². The smallest absolute Gasteiger partial charge is 0.0195 e. The van der Waals surface area contributed by atoms with Crippen LogP contribution >= 0.6 is 0 Å². The summed E-state index contributed by atoms with van der Waals surface area (Å²) in [5, 5.41) is 3.59. The number of piperidine rings is 1. The third kappa shape index (κ3) is 3.46. The first-order chi connectivity index (χ1) is 7.29. The molecule has 1 N–H and O–H groups in total. The van der Waals surface area contributed by atoms with Crippen molar-refractivity contribution < 1.29 is 0 Å². The highest BCUT2D eigenvalue weighted by atomic mass is 15.2. The van der Waals surface area contributed by atoms with Crippen LogP contribution in [0.15, 0.2) is 0 Å². The molecule has 15 heavy (non-hydrogen) atoms. The molecule has 88 valence electrons. The second-order valence-corrected chi connectivity index (χ2v) is 5.47. The molecule has 2 fully saturated rings. The summed E-state index contributed by atoms with van der Waals surface area (Å²) in [5.74, 6) is 2.00. The minimum absolute atomic E-state index is 0.759. The van der Waals surface area contributed by atoms with Gasteiger partial charge in [0.25, 0.3) is 0 Å². The van der Waals surface area contributed by atoms with Crippen molar-refractivity contribution in [1.29, 1.82) is 0 Å². The molecule has 0 aromatic rings. The van der Waals surface area contributed by atoms with Crippen molar-refractivity contribution >= 4 is 0 Å². The number of nitrogens with one attached hydrogen (secondary N) is 1. The first-order valence-electron chi connectivity index (χ1n) is 6.75. The van der Waals surface area contributed by atoms with E-state index >= 15 is 0 Å². The number of hydrogen-bond donors (Lipinski definition) is 1. The molecule has 0 spiro atoms. The fraction of sp³-hybridized carbons (Fsp3) is 1.00. The van der Waals surface area contributed by atoms with Crippen LogP contribution in [0.1, 0.15) is 39.5 Å². The summed E-state index contributed by atoms with van der Waals surface area (Å²) in [4.78, 5) is 2.68. The number of likely N-dealkylation sites (N-methyl/N-ethyl adjacent to an activating group) is 1. The van der Waals surface area contributed by atoms with Crippen LogP contribution in [0.3, 0.4) is 0 Å². The van der Waals surface area contributed by atoms with Crippen molar-refractivity contribution in [3.8, 4) is 0 Å². The van der Waals surface area contributed by atoms with E-state index in [0.29, 0.717) is 0 Å². The van der Waals surface area contributed by atoms with Gasteiger partial charge in [0.1, 0.15) is 0 Å². The Balaban J connectivity index is 1.71. The van der Waals surface area contributed by atoms with Gasteiger partial charge in [-0.1, -0.05) is 13.8 Å². The van der Waals surface area contributed by atoms with Crippen LogP contribution in [0, 0.1) is 11.8 Å². The molecule has 0 radical (unpaired) electrons. The van der Waals surface area contributed by atoms with E-state index in [0.717, 1.165) is 24.4 Å². The fourth-order valence-electron chi connectivity index (χ4n) is 2.90. The molecule has 0 bridgehead atoms. The predicted octanol–water partition coefficient (Wildman–Crippen LogP) is 2.11. The van der Waals surface area contributed by atoms with Crippen molar-refractivity contribution in [2.75, 3.05) is 26.2 Å². The maximum absolute atomic E-state index is 3.59. The molecule has 0 aromatic carbocycles. The molecule has 2 unspecified atom stereocenters. The number of hydrogen-bond acceptors (Lipinski definition) is 2. The first-order valence-corrected chi connectivity index (χ1v) is 6.75. The normalized spacial score (nSPS) is 30.4. The van der Waals surface area contributed by atoms with Gasteiger partial charge in [-0.15, -0.1) is 0 Å². The van der Waals surface area contributed by atoms with Crippen LogP contribution in [-0.2, 0) is 0 Å². The summed E-state index contributed by atoms with van der Waals surface area (Å²) < 4.78 is 0. The molecule has 1 saturated carbocycles. The quantitative estimate of drug-likeness (QED) is 0.747. The maximum atomic E-state index is 3.59. The third-order valence-electron chi connectivity index (χ3n) is 3.97. The van der Waals surface area contributed by atoms with E-state index in [9.17, 15) is 0 Å². The van der Waals surface area contributed by atoms with Crippen LogP contribution < -0.4 is 5.32 Å². The van der Waals surface area contributed by atoms with Crippen molar-refractivity contribution in [3.05, 3.63) is 0 Å². The Labute approximate surface area is 94.4 Å². The van der Waals surface area contributed by atoms with E-state index < -0.39 is 0 Å². The van der Waals surface area contributed by atoms with Gasteiger partial charge in [0.05, 0.1) is 0 Å². The second-order valence-electron chi connectivity index (χ2n) is 5.47. The molecule has 1 aliphatic carbocycles. The van der Waals surface area contributed by atoms with Crippen LogP contribution in [0.25, 0.3) is 0 Å². The van der Waals surface area contributed by atoms with E-state index in [1.807, 2.05) is 0 Å². The number of likely N-dealkylation sites (tertiary alicyclic amines) is 1. The lowest BCUT2D eigenvalue weighted by Gasteiger charge is -2.34. The summed E-state index contributed by atoms with van der Waals surface area (Å²) in [6, 6.07) is 0.759. The number of rotatable bonds is 5. The van der Waals surface area contributed by atoms with Gasteiger partial charge >= 0.3 is 0 Å². The van der Waals surface area contributed by atoms with Gasteiger partial charge < -0.3 is 10.2 Å². The molecule has 1 heterocycles. The molecule has 2 nitrogen and oxygen atoms in total. The highest BCUT2D eigenvalue weighted by Crippen LogP contribution is 2.37. The van der Waals surface area contributed by atoms with E-state index in [-0.39, 0.29) is 0 Å². The van der Waals surface area contributed by atoms with Crippen molar-refractivity contribution in [3.63, 3.8) is 0 Å². The summed E-state index contributed by atoms with van der Waals surface area (Å²) in [5.41, 5.74) is 0. The lowest BCUT2D eigenvalue weighted by atomic mass is 10.0. The topological polar surface area (TPSA) is 15.3 Å². The molecule has 1 saturated heterocycles. The van der Waals surface area contributed by atoms with Gasteiger partial charge in [-0.05, 0) is 50.6 Å². The van der Waals surface area contributed by atoms with Crippen LogP contribution in [0.4, 0.5) is 0 Å². The molecular formula is C13H26N2. The Morgan fingerprint density at radius 1 is 1.33 bits per heavy atom. The summed E-state index contributed by atoms with van der Waals surface area (Å²) in [6.45, 7) is 9.73. The van der Waals surface area contributed by atoms with E-state index in [2.05, 4.69) is 24.1 Å². The first kappa shape index (κ1) is 11.4. The third-order valence-corrected chi connectivity index (χ3v) is 3.97. The van der Waals surface area contributed by atoms with Gasteiger partial charge in [0.2, 0.25) is 0 Å². The molecule has 0 amide bonds. The minimum atomic E-state index is 0.759. The second kappa shape index (κ2) is 5.31. The van der Waals surface area contributed by atoms with Gasteiger partial charge in [-0.25, -0.2) is 0 Å². The van der Waals surface area contributed by atoms with Gasteiger partial charge in [-0.2, -0.15) is 0 Å². The van der Waals surface area contributed by atoms with Crippen LogP contribution in [-0.4, -0.2) is 37.1 Å². The van der Waals surface area contributed by atoms with Crippen LogP contribution in [0.5, 0.6) is 0 Å². The fourth-order valence-corrected chi connectivity index (χ4v) is 2.90. The van der Waals surface area contributed by atoms with Gasteiger partial charge in [-0.3, -0.25) is 0 Å². The lowest BCUT2D eigenvalue weighted by molar-refractivity contribution is 0.164. The van der Waals surface area contributed by atoms with E-state index in [1.54, 1.807) is 0 Å². The Kier molecular flexibility index (Phi) is 4.04. The molecule has 1 aliphatic heterocycles. The zero-order valence-corrected chi connectivity index (χ0v) is 10.3. The molecule has 2 aliphatic rings. The summed E-state index contributed by atoms with van der Waals surface area (Å²) in [7, 11) is 0. The minimum Gasteiger partial charge on any atom is -0.313 e. The molecule has 2 rings (SSSR count). The zero-order valence-electron chi connectivity index (χ0n) is 10.3. The average molecular weight is 210 g/mol. The molecular weight excluding hydrogens is 184 g/mol. The summed E-state index contributed by atoms with van der Waals surface area (Å²) in [6.07, 6.45) is 5.74. The summed E-state index contributed by atoms with van der Waals surface area (Å²) >= 11 is 0. The predicted molar refractivity (Wildman–Crippen MR) is 65.0 cm³/mol. The van der Waals surface area contributed by atoms with Crippen LogP contribution in [0.2, 0.25) is 0 Å².